The first-order valence-corrected chi connectivity index (χ1v) is 7.76. The van der Waals surface area contributed by atoms with E-state index in [0.29, 0.717) is 30.1 Å². The van der Waals surface area contributed by atoms with Crippen molar-refractivity contribution in [2.45, 2.75) is 25.8 Å². The molecule has 0 saturated carbocycles. The molecular weight excluding hydrogens is 332 g/mol. The molecule has 0 saturated heterocycles. The smallest absolute Gasteiger partial charge is 0.342 e. The van der Waals surface area contributed by atoms with Gasteiger partial charge in [-0.05, 0) is 31.9 Å². The molecule has 8 heteroatoms. The lowest BCUT2D eigenvalue weighted by atomic mass is 10.0. The van der Waals surface area contributed by atoms with E-state index < -0.39 is 11.5 Å². The maximum absolute atomic E-state index is 12.4. The summed E-state index contributed by atoms with van der Waals surface area (Å²) in [6, 6.07) is 8.99. The Morgan fingerprint density at radius 3 is 2.79 bits per heavy atom. The lowest BCUT2D eigenvalue weighted by molar-refractivity contribution is 0.0693. The molecule has 3 rings (SSSR count). The molecule has 1 aliphatic heterocycles. The fourth-order valence-corrected chi connectivity index (χ4v) is 2.84. The molecule has 124 valence electrons. The van der Waals surface area contributed by atoms with Crippen LogP contribution in [-0.4, -0.2) is 26.3 Å². The summed E-state index contributed by atoms with van der Waals surface area (Å²) in [7, 11) is 0. The zero-order chi connectivity index (χ0) is 17.3. The normalized spacial score (nSPS) is 18.2. The van der Waals surface area contributed by atoms with E-state index in [2.05, 4.69) is 10.1 Å². The Morgan fingerprint density at radius 1 is 1.42 bits per heavy atom. The minimum Gasteiger partial charge on any atom is -0.477 e. The molecule has 1 N–H and O–H groups in total. The molecule has 0 amide bonds. The maximum atomic E-state index is 12.4. The number of fused-ring (bicyclic) bond motifs is 1. The predicted molar refractivity (Wildman–Crippen MR) is 90.7 cm³/mol. The van der Waals surface area contributed by atoms with Crippen LogP contribution in [0.5, 0.6) is 0 Å². The van der Waals surface area contributed by atoms with Crippen LogP contribution in [0.1, 0.15) is 42.0 Å². The quantitative estimate of drug-likeness (QED) is 0.682. The van der Waals surface area contributed by atoms with Gasteiger partial charge in [0.15, 0.2) is 5.82 Å². The number of halogens is 1. The fourth-order valence-electron chi connectivity index (χ4n) is 2.63. The molecule has 2 aromatic rings. The van der Waals surface area contributed by atoms with Gasteiger partial charge in [-0.1, -0.05) is 18.2 Å². The Hall–Kier alpha value is -2.67. The third-order valence-corrected chi connectivity index (χ3v) is 4.17. The Labute approximate surface area is 142 Å². The van der Waals surface area contributed by atoms with Crippen molar-refractivity contribution in [1.82, 2.24) is 9.55 Å². The van der Waals surface area contributed by atoms with E-state index in [1.807, 2.05) is 25.1 Å². The molecule has 0 bridgehead atoms. The second kappa shape index (κ2) is 6.45. The van der Waals surface area contributed by atoms with Gasteiger partial charge < -0.3 is 5.11 Å². The lowest BCUT2D eigenvalue weighted by Crippen LogP contribution is -2.37. The number of aromatic carboxylic acids is 1. The summed E-state index contributed by atoms with van der Waals surface area (Å²) in [5.41, 5.74) is 0.299. The van der Waals surface area contributed by atoms with Gasteiger partial charge in [0, 0.05) is 24.0 Å². The number of rotatable bonds is 3. The van der Waals surface area contributed by atoms with Gasteiger partial charge in [-0.25, -0.2) is 9.78 Å². The van der Waals surface area contributed by atoms with Crippen LogP contribution in [0.3, 0.4) is 0 Å². The topological polar surface area (TPSA) is 87.8 Å². The van der Waals surface area contributed by atoms with Crippen LogP contribution in [0.4, 0.5) is 5.69 Å². The highest BCUT2D eigenvalue weighted by molar-refractivity contribution is 6.26. The highest BCUT2D eigenvalue weighted by Gasteiger charge is 2.27. The lowest BCUT2D eigenvalue weighted by Gasteiger charge is -2.25. The molecule has 1 unspecified atom stereocenters. The van der Waals surface area contributed by atoms with Crippen molar-refractivity contribution in [3.8, 4) is 0 Å². The minimum absolute atomic E-state index is 0.154. The van der Waals surface area contributed by atoms with Crippen molar-refractivity contribution in [3.63, 3.8) is 0 Å². The van der Waals surface area contributed by atoms with Gasteiger partial charge in [0.2, 0.25) is 0 Å². The average Bonchev–Trinajstić information content (AvgIpc) is 2.57. The van der Waals surface area contributed by atoms with Gasteiger partial charge in [0.1, 0.15) is 11.3 Å². The molecule has 24 heavy (non-hydrogen) atoms. The summed E-state index contributed by atoms with van der Waals surface area (Å²) < 4.78 is 2.58. The Bertz CT molecular complexity index is 863. The number of benzene rings is 1. The average molecular weight is 347 g/mol. The molecule has 0 fully saturated rings. The molecular formula is C16H15ClN4O3. The summed E-state index contributed by atoms with van der Waals surface area (Å²) in [6.45, 7) is 1.85. The van der Waals surface area contributed by atoms with Crippen LogP contribution in [-0.2, 0) is 0 Å². The third-order valence-electron chi connectivity index (χ3n) is 3.90. The van der Waals surface area contributed by atoms with E-state index >= 15 is 0 Å². The van der Waals surface area contributed by atoms with E-state index in [9.17, 15) is 9.59 Å². The van der Waals surface area contributed by atoms with Crippen molar-refractivity contribution in [1.29, 1.82) is 0 Å². The number of carbonyl (C=O) groups is 1. The zero-order valence-corrected chi connectivity index (χ0v) is 13.6. The number of carboxylic acid groups (broad SMARTS) is 1. The van der Waals surface area contributed by atoms with Gasteiger partial charge in [-0.2, -0.15) is 9.63 Å². The van der Waals surface area contributed by atoms with Gasteiger partial charge in [0.25, 0.3) is 5.56 Å². The first-order chi connectivity index (χ1) is 11.5. The van der Waals surface area contributed by atoms with Gasteiger partial charge in [0.05, 0.1) is 5.69 Å². The predicted octanol–water partition coefficient (Wildman–Crippen LogP) is 2.66. The van der Waals surface area contributed by atoms with Crippen molar-refractivity contribution in [2.75, 3.05) is 4.53 Å². The van der Waals surface area contributed by atoms with Gasteiger partial charge in [-0.15, -0.1) is 0 Å². The van der Waals surface area contributed by atoms with Crippen molar-refractivity contribution < 1.29 is 9.90 Å². The van der Waals surface area contributed by atoms with E-state index in [0.717, 1.165) is 6.20 Å². The zero-order valence-electron chi connectivity index (χ0n) is 12.9. The van der Waals surface area contributed by atoms with Crippen LogP contribution in [0.2, 0.25) is 0 Å². The molecule has 2 heterocycles. The monoisotopic (exact) mass is 346 g/mol. The third kappa shape index (κ3) is 2.90. The van der Waals surface area contributed by atoms with E-state index in [1.165, 1.54) is 9.10 Å². The van der Waals surface area contributed by atoms with Crippen LogP contribution in [0.25, 0.3) is 0 Å². The molecule has 0 aliphatic carbocycles. The first-order valence-electron chi connectivity index (χ1n) is 7.42. The number of para-hydroxylation sites is 1. The number of carboxylic acids is 1. The standard InChI is InChI=1S/C16H15ClN4O3/c1-10-7-8-13(19-21(17)11-5-3-2-4-6-11)14-18-9-12(16(23)24)15(22)20(10)14/h2-6,9-10H,7-8H2,1H3,(H,23,24). The number of hydrogen-bond acceptors (Lipinski definition) is 5. The largest absolute Gasteiger partial charge is 0.477 e. The van der Waals surface area contributed by atoms with E-state index in [4.69, 9.17) is 16.9 Å². The number of anilines is 1. The van der Waals surface area contributed by atoms with Crippen LogP contribution >= 0.6 is 11.8 Å². The second-order valence-corrected chi connectivity index (χ2v) is 5.83. The Kier molecular flexibility index (Phi) is 4.35. The summed E-state index contributed by atoms with van der Waals surface area (Å²) >= 11 is 6.20. The van der Waals surface area contributed by atoms with Gasteiger partial charge in [-0.3, -0.25) is 9.36 Å². The molecule has 0 spiro atoms. The molecule has 1 aliphatic rings. The van der Waals surface area contributed by atoms with E-state index in [-0.39, 0.29) is 11.6 Å². The van der Waals surface area contributed by atoms with Crippen molar-refractivity contribution in [2.24, 2.45) is 5.10 Å². The summed E-state index contributed by atoms with van der Waals surface area (Å²) in [4.78, 5) is 27.7. The molecule has 1 atom stereocenters. The number of hydrogen-bond donors (Lipinski definition) is 1. The van der Waals surface area contributed by atoms with E-state index in [1.54, 1.807) is 12.1 Å². The molecule has 0 radical (unpaired) electrons. The summed E-state index contributed by atoms with van der Waals surface area (Å²) in [5.74, 6) is -0.937. The number of nitrogens with zero attached hydrogens (tertiary/aromatic N) is 4. The van der Waals surface area contributed by atoms with Crippen LogP contribution < -0.4 is 10.1 Å². The molecule has 1 aromatic heterocycles. The van der Waals surface area contributed by atoms with Gasteiger partial charge >= 0.3 is 5.97 Å². The Morgan fingerprint density at radius 2 is 2.12 bits per heavy atom. The number of aromatic nitrogens is 2. The minimum atomic E-state index is -1.29. The van der Waals surface area contributed by atoms with Crippen molar-refractivity contribution >= 4 is 29.1 Å². The SMILES string of the molecule is CC1CCC(=NN(Cl)c2ccccc2)c2ncc(C(=O)O)c(=O)n21. The fraction of sp³-hybridized carbons (Fsp3) is 0.250. The summed E-state index contributed by atoms with van der Waals surface area (Å²) in [6.07, 6.45) is 2.32. The van der Waals surface area contributed by atoms with Crippen molar-refractivity contribution in [3.05, 3.63) is 58.3 Å². The van der Waals surface area contributed by atoms with Crippen LogP contribution in [0, 0.1) is 0 Å². The molecule has 7 nitrogen and oxygen atoms in total. The summed E-state index contributed by atoms with van der Waals surface area (Å²) in [5, 5.41) is 13.4. The first kappa shape index (κ1) is 16.2. The highest BCUT2D eigenvalue weighted by atomic mass is 35.5. The van der Waals surface area contributed by atoms with Crippen LogP contribution in [0.15, 0.2) is 46.4 Å². The maximum Gasteiger partial charge on any atom is 0.342 e. The number of hydrazone groups is 1. The second-order valence-electron chi connectivity index (χ2n) is 5.51. The molecule has 1 aromatic carbocycles. The Balaban J connectivity index is 2.07. The highest BCUT2D eigenvalue weighted by Crippen LogP contribution is 2.24.